The lowest BCUT2D eigenvalue weighted by Gasteiger charge is -2.16. The highest BCUT2D eigenvalue weighted by Crippen LogP contribution is 2.30. The molecule has 1 aliphatic rings. The van der Waals surface area contributed by atoms with E-state index in [0.29, 0.717) is 27.7 Å². The monoisotopic (exact) mass is 386 g/mol. The summed E-state index contributed by atoms with van der Waals surface area (Å²) in [6.45, 7) is 1.62. The fraction of sp³-hybridized carbons (Fsp3) is 0.250. The molecular weight excluding hydrogens is 368 g/mol. The van der Waals surface area contributed by atoms with Gasteiger partial charge in [-0.2, -0.15) is 0 Å². The van der Waals surface area contributed by atoms with Crippen LogP contribution in [0.4, 0.5) is 5.69 Å². The van der Waals surface area contributed by atoms with Gasteiger partial charge in [0, 0.05) is 16.1 Å². The Morgan fingerprint density at radius 3 is 2.52 bits per heavy atom. The van der Waals surface area contributed by atoms with Gasteiger partial charge in [-0.1, -0.05) is 23.7 Å². The second-order valence-electron chi connectivity index (χ2n) is 6.14. The van der Waals surface area contributed by atoms with Crippen molar-refractivity contribution in [2.45, 2.75) is 13.0 Å². The van der Waals surface area contributed by atoms with E-state index in [9.17, 15) is 9.59 Å². The molecule has 27 heavy (non-hydrogen) atoms. The van der Waals surface area contributed by atoms with Crippen LogP contribution in [-0.2, 0) is 14.3 Å². The number of nitrogens with zero attached hydrogens (tertiary/aromatic N) is 1. The summed E-state index contributed by atoms with van der Waals surface area (Å²) in [5.41, 5.74) is 2.63. The predicted octanol–water partition coefficient (Wildman–Crippen LogP) is 3.32. The minimum absolute atomic E-state index is 0.372. The molecule has 2 aromatic rings. The third-order valence-electron chi connectivity index (χ3n) is 4.44. The van der Waals surface area contributed by atoms with E-state index in [-0.39, 0.29) is 5.91 Å². The molecule has 2 atom stereocenters. The third-order valence-corrected chi connectivity index (χ3v) is 4.69. The molecule has 6 nitrogen and oxygen atoms in total. The topological polar surface area (TPSA) is 77.0 Å². The molecule has 0 saturated heterocycles. The second kappa shape index (κ2) is 7.80. The van der Waals surface area contributed by atoms with E-state index in [4.69, 9.17) is 21.1 Å². The summed E-state index contributed by atoms with van der Waals surface area (Å²) in [7, 11) is 2.86. The van der Waals surface area contributed by atoms with E-state index >= 15 is 0 Å². The highest BCUT2D eigenvalue weighted by atomic mass is 35.5. The molecule has 3 rings (SSSR count). The molecular formula is C20H19ClN2O4. The van der Waals surface area contributed by atoms with Gasteiger partial charge in [0.05, 0.1) is 31.5 Å². The molecule has 0 spiro atoms. The molecule has 0 aromatic heterocycles. The maximum absolute atomic E-state index is 12.7. The zero-order valence-corrected chi connectivity index (χ0v) is 15.9. The van der Waals surface area contributed by atoms with Gasteiger partial charge in [0.1, 0.15) is 11.8 Å². The Morgan fingerprint density at radius 2 is 1.89 bits per heavy atom. The van der Waals surface area contributed by atoms with Crippen LogP contribution in [0.5, 0.6) is 5.75 Å². The van der Waals surface area contributed by atoms with Crippen LogP contribution >= 0.6 is 11.6 Å². The Hall–Kier alpha value is -2.86. The van der Waals surface area contributed by atoms with Crippen molar-refractivity contribution >= 4 is 34.9 Å². The van der Waals surface area contributed by atoms with E-state index in [2.05, 4.69) is 10.3 Å². The lowest BCUT2D eigenvalue weighted by molar-refractivity contribution is -0.146. The van der Waals surface area contributed by atoms with Gasteiger partial charge in [0.2, 0.25) is 5.91 Å². The first-order chi connectivity index (χ1) is 12.9. The number of benzene rings is 2. The van der Waals surface area contributed by atoms with Crippen LogP contribution in [0.15, 0.2) is 47.5 Å². The Kier molecular flexibility index (Phi) is 5.46. The number of aliphatic imine (C=N–C) groups is 1. The fourth-order valence-corrected chi connectivity index (χ4v) is 3.05. The van der Waals surface area contributed by atoms with E-state index < -0.39 is 17.9 Å². The zero-order chi connectivity index (χ0) is 19.6. The number of carbonyl (C=O) groups is 2. The van der Waals surface area contributed by atoms with Crippen molar-refractivity contribution in [1.82, 2.24) is 0 Å². The van der Waals surface area contributed by atoms with Crippen LogP contribution < -0.4 is 10.1 Å². The van der Waals surface area contributed by atoms with E-state index in [1.807, 2.05) is 12.1 Å². The summed E-state index contributed by atoms with van der Waals surface area (Å²) in [4.78, 5) is 29.4. The van der Waals surface area contributed by atoms with Crippen molar-refractivity contribution in [2.24, 2.45) is 10.9 Å². The van der Waals surface area contributed by atoms with Crippen molar-refractivity contribution in [2.75, 3.05) is 19.5 Å². The molecule has 140 valence electrons. The van der Waals surface area contributed by atoms with Crippen LogP contribution in [0.3, 0.4) is 0 Å². The van der Waals surface area contributed by atoms with E-state index in [1.165, 1.54) is 7.11 Å². The number of hydrogen-bond acceptors (Lipinski definition) is 5. The van der Waals surface area contributed by atoms with Crippen molar-refractivity contribution in [3.63, 3.8) is 0 Å². The summed E-state index contributed by atoms with van der Waals surface area (Å²) >= 11 is 6.01. The van der Waals surface area contributed by atoms with Gasteiger partial charge in [0.15, 0.2) is 0 Å². The fourth-order valence-electron chi connectivity index (χ4n) is 2.92. The van der Waals surface area contributed by atoms with Crippen molar-refractivity contribution < 1.29 is 19.1 Å². The predicted molar refractivity (Wildman–Crippen MR) is 104 cm³/mol. The van der Waals surface area contributed by atoms with E-state index in [0.717, 1.165) is 5.56 Å². The van der Waals surface area contributed by atoms with Crippen molar-refractivity contribution in [3.05, 3.63) is 58.6 Å². The smallest absolute Gasteiger partial charge is 0.311 e. The minimum Gasteiger partial charge on any atom is -0.497 e. The summed E-state index contributed by atoms with van der Waals surface area (Å²) < 4.78 is 10.1. The molecule has 1 amide bonds. The number of nitrogens with one attached hydrogen (secondary N) is 1. The summed E-state index contributed by atoms with van der Waals surface area (Å²) in [5, 5.41) is 3.44. The lowest BCUT2D eigenvalue weighted by atomic mass is 9.99. The normalized spacial score (nSPS) is 17.1. The van der Waals surface area contributed by atoms with Crippen LogP contribution in [0.1, 0.15) is 18.1 Å². The number of methoxy groups -OCH3 is 2. The molecule has 1 N–H and O–H groups in total. The van der Waals surface area contributed by atoms with Crippen LogP contribution in [-0.4, -0.2) is 37.8 Å². The molecule has 1 heterocycles. The quantitative estimate of drug-likeness (QED) is 0.818. The first kappa shape index (κ1) is 18.9. The Balaban J connectivity index is 2.19. The molecule has 0 radical (unpaired) electrons. The molecule has 7 heteroatoms. The second-order valence-corrected chi connectivity index (χ2v) is 6.58. The van der Waals surface area contributed by atoms with Gasteiger partial charge in [-0.15, -0.1) is 0 Å². The number of fused-ring (bicyclic) bond motifs is 1. The highest BCUT2D eigenvalue weighted by molar-refractivity contribution is 6.30. The average molecular weight is 387 g/mol. The summed E-state index contributed by atoms with van der Waals surface area (Å²) in [6, 6.07) is 11.5. The summed E-state index contributed by atoms with van der Waals surface area (Å²) in [6.07, 6.45) is 0. The zero-order valence-electron chi connectivity index (χ0n) is 15.2. The molecule has 1 aliphatic heterocycles. The van der Waals surface area contributed by atoms with E-state index in [1.54, 1.807) is 44.4 Å². The van der Waals surface area contributed by atoms with Gasteiger partial charge >= 0.3 is 5.97 Å². The number of rotatable bonds is 4. The first-order valence-corrected chi connectivity index (χ1v) is 8.73. The molecule has 0 unspecified atom stereocenters. The molecule has 0 bridgehead atoms. The van der Waals surface area contributed by atoms with Crippen molar-refractivity contribution in [1.29, 1.82) is 0 Å². The number of amides is 1. The standard InChI is InChI=1S/C20H19ClN2O4/c1-11(20(25)27-3)17-19(24)22-16-9-8-14(26-2)10-15(16)18(23-17)12-4-6-13(21)7-5-12/h4-11,17H,1-3H3,(H,22,24)/t11-,17+/m1/s1. The third kappa shape index (κ3) is 3.80. The Labute approximate surface area is 162 Å². The lowest BCUT2D eigenvalue weighted by Crippen LogP contribution is -2.36. The Bertz CT molecular complexity index is 909. The molecule has 0 fully saturated rings. The number of carbonyl (C=O) groups excluding carboxylic acids is 2. The Morgan fingerprint density at radius 1 is 1.19 bits per heavy atom. The number of benzodiazepines with no additional fused rings is 1. The largest absolute Gasteiger partial charge is 0.497 e. The van der Waals surface area contributed by atoms with Crippen LogP contribution in [0.2, 0.25) is 5.02 Å². The number of hydrogen-bond donors (Lipinski definition) is 1. The van der Waals surface area contributed by atoms with Gasteiger partial charge in [-0.25, -0.2) is 0 Å². The molecule has 0 saturated carbocycles. The average Bonchev–Trinajstić information content (AvgIpc) is 2.83. The van der Waals surface area contributed by atoms with Gasteiger partial charge in [-0.3, -0.25) is 14.6 Å². The SMILES string of the molecule is COC(=O)[C@H](C)[C@@H]1N=C(c2ccc(Cl)cc2)c2cc(OC)ccc2NC1=O. The maximum atomic E-state index is 12.7. The minimum atomic E-state index is -0.929. The van der Waals surface area contributed by atoms with Gasteiger partial charge in [-0.05, 0) is 37.3 Å². The summed E-state index contributed by atoms with van der Waals surface area (Å²) in [5.74, 6) is -0.987. The maximum Gasteiger partial charge on any atom is 0.311 e. The number of halogens is 1. The highest BCUT2D eigenvalue weighted by Gasteiger charge is 2.34. The van der Waals surface area contributed by atoms with Gasteiger partial charge < -0.3 is 14.8 Å². The first-order valence-electron chi connectivity index (χ1n) is 8.35. The number of esters is 1. The van der Waals surface area contributed by atoms with Crippen LogP contribution in [0.25, 0.3) is 0 Å². The molecule has 0 aliphatic carbocycles. The van der Waals surface area contributed by atoms with Gasteiger partial charge in [0.25, 0.3) is 0 Å². The van der Waals surface area contributed by atoms with Crippen LogP contribution in [0, 0.1) is 5.92 Å². The van der Waals surface area contributed by atoms with Crippen molar-refractivity contribution in [3.8, 4) is 5.75 Å². The number of ether oxygens (including phenoxy) is 2. The number of anilines is 1. The molecule has 2 aromatic carbocycles.